The van der Waals surface area contributed by atoms with E-state index < -0.39 is 8.25 Å². The average molecular weight is 392 g/mol. The number of rotatable bonds is 8. The van der Waals surface area contributed by atoms with Gasteiger partial charge in [0, 0.05) is 15.7 Å². The Morgan fingerprint density at radius 1 is 0.917 bits per heavy atom. The molecule has 0 amide bonds. The fourth-order valence-corrected chi connectivity index (χ4v) is 2.71. The number of hydrogen-bond donors (Lipinski definition) is 0. The minimum atomic E-state index is -2.37. The predicted octanol–water partition coefficient (Wildman–Crippen LogP) is 4.19. The van der Waals surface area contributed by atoms with Crippen LogP contribution in [0, 0.1) is 0 Å². The topological polar surface area (TPSA) is 79.8 Å². The highest BCUT2D eigenvalue weighted by molar-refractivity contribution is 7.33. The molecule has 0 saturated carbocycles. The lowest BCUT2D eigenvalue weighted by Crippen LogP contribution is -1.97. The van der Waals surface area contributed by atoms with Gasteiger partial charge in [0.2, 0.25) is 0 Å². The minimum absolute atomic E-state index is 0.00511. The number of halogens is 2. The van der Waals surface area contributed by atoms with Crippen LogP contribution in [-0.2, 0) is 26.8 Å². The first-order valence-electron chi connectivity index (χ1n) is 6.63. The van der Waals surface area contributed by atoms with Gasteiger partial charge in [-0.1, -0.05) is 23.2 Å². The lowest BCUT2D eigenvalue weighted by molar-refractivity contribution is 0.209. The molecule has 2 heterocycles. The molecule has 0 spiro atoms. The number of aromatic nitrogens is 2. The molecule has 0 atom stereocenters. The molecule has 0 unspecified atom stereocenters. The van der Waals surface area contributed by atoms with Crippen LogP contribution in [0.3, 0.4) is 0 Å². The fourth-order valence-electron chi connectivity index (χ4n) is 1.79. The monoisotopic (exact) mass is 391 g/mol. The third-order valence-electron chi connectivity index (χ3n) is 2.92. The summed E-state index contributed by atoms with van der Waals surface area (Å²) in [5.74, 6) is 0.954. The SMILES string of the molecule is COc1cnc(Cl)cc1CO[P+](=O)OCc1cc(Cl)ncc1OC. The van der Waals surface area contributed by atoms with Crippen molar-refractivity contribution in [3.05, 3.63) is 46.0 Å². The van der Waals surface area contributed by atoms with Crippen molar-refractivity contribution < 1.29 is 23.1 Å². The summed E-state index contributed by atoms with van der Waals surface area (Å²) in [6.07, 6.45) is 2.91. The molecule has 0 aromatic carbocycles. The van der Waals surface area contributed by atoms with Crippen LogP contribution in [0.4, 0.5) is 0 Å². The Labute approximate surface area is 149 Å². The van der Waals surface area contributed by atoms with E-state index >= 15 is 0 Å². The molecule has 0 N–H and O–H groups in total. The van der Waals surface area contributed by atoms with Crippen LogP contribution in [0.15, 0.2) is 24.5 Å². The Kier molecular flexibility index (Phi) is 7.15. The molecule has 2 rings (SSSR count). The van der Waals surface area contributed by atoms with Crippen LogP contribution in [0.1, 0.15) is 11.1 Å². The van der Waals surface area contributed by atoms with E-state index in [1.54, 1.807) is 12.1 Å². The van der Waals surface area contributed by atoms with Gasteiger partial charge in [0.1, 0.15) is 35.0 Å². The van der Waals surface area contributed by atoms with Crippen molar-refractivity contribution in [1.29, 1.82) is 0 Å². The first-order valence-corrected chi connectivity index (χ1v) is 8.48. The zero-order valence-electron chi connectivity index (χ0n) is 12.9. The van der Waals surface area contributed by atoms with Gasteiger partial charge in [-0.2, -0.15) is 0 Å². The summed E-state index contributed by atoms with van der Waals surface area (Å²) in [5.41, 5.74) is 1.21. The highest BCUT2D eigenvalue weighted by Crippen LogP contribution is 2.32. The second-order valence-corrected chi connectivity index (χ2v) is 6.15. The van der Waals surface area contributed by atoms with Crippen molar-refractivity contribution >= 4 is 31.5 Å². The van der Waals surface area contributed by atoms with Gasteiger partial charge in [-0.05, 0) is 12.1 Å². The molecule has 0 aliphatic rings. The molecule has 2 aromatic heterocycles. The van der Waals surface area contributed by atoms with Gasteiger partial charge in [0.15, 0.2) is 0 Å². The maximum absolute atomic E-state index is 11.9. The van der Waals surface area contributed by atoms with Crippen molar-refractivity contribution in [2.24, 2.45) is 0 Å². The number of ether oxygens (including phenoxy) is 2. The Hall–Kier alpha value is -1.50. The second kappa shape index (κ2) is 9.11. The van der Waals surface area contributed by atoms with Gasteiger partial charge in [-0.25, -0.2) is 9.97 Å². The molecule has 0 radical (unpaired) electrons. The Bertz CT molecular complexity index is 673. The summed E-state index contributed by atoms with van der Waals surface area (Å²) in [6.45, 7) is -0.0102. The Morgan fingerprint density at radius 2 is 1.33 bits per heavy atom. The lowest BCUT2D eigenvalue weighted by atomic mass is 10.3. The van der Waals surface area contributed by atoms with Gasteiger partial charge < -0.3 is 9.47 Å². The average Bonchev–Trinajstić information content (AvgIpc) is 2.58. The third kappa shape index (κ3) is 5.26. The van der Waals surface area contributed by atoms with Crippen molar-refractivity contribution in [2.75, 3.05) is 14.2 Å². The lowest BCUT2D eigenvalue weighted by Gasteiger charge is -2.05. The Morgan fingerprint density at radius 3 is 1.71 bits per heavy atom. The van der Waals surface area contributed by atoms with Crippen LogP contribution in [0.5, 0.6) is 11.5 Å². The summed E-state index contributed by atoms with van der Waals surface area (Å²) < 4.78 is 32.5. The normalized spacial score (nSPS) is 10.5. The first-order chi connectivity index (χ1) is 11.5. The zero-order valence-corrected chi connectivity index (χ0v) is 15.3. The van der Waals surface area contributed by atoms with E-state index in [0.29, 0.717) is 22.6 Å². The fraction of sp³-hybridized carbons (Fsp3) is 0.286. The van der Waals surface area contributed by atoms with Crippen LogP contribution in [0.2, 0.25) is 10.3 Å². The van der Waals surface area contributed by atoms with Crippen LogP contribution >= 0.6 is 31.5 Å². The van der Waals surface area contributed by atoms with Crippen molar-refractivity contribution in [3.8, 4) is 11.5 Å². The van der Waals surface area contributed by atoms with E-state index in [0.717, 1.165) is 0 Å². The van der Waals surface area contributed by atoms with Gasteiger partial charge in [0.05, 0.1) is 26.6 Å². The van der Waals surface area contributed by atoms with Gasteiger partial charge in [0.25, 0.3) is 0 Å². The standard InChI is InChI=1S/C14H14Cl2N2O5P/c1-20-11-5-17-13(15)3-9(11)7-22-24(19)23-8-10-4-14(16)18-6-12(10)21-2/h3-6H,7-8H2,1-2H3/q+1. The summed E-state index contributed by atoms with van der Waals surface area (Å²) in [5, 5.41) is 0.559. The maximum atomic E-state index is 11.9. The molecule has 10 heteroatoms. The molecule has 0 fully saturated rings. The molecule has 0 saturated heterocycles. The van der Waals surface area contributed by atoms with E-state index in [4.69, 9.17) is 41.7 Å². The molecule has 0 aliphatic carbocycles. The summed E-state index contributed by atoms with van der Waals surface area (Å²) in [7, 11) is 0.611. The van der Waals surface area contributed by atoms with Crippen molar-refractivity contribution in [1.82, 2.24) is 9.97 Å². The van der Waals surface area contributed by atoms with Crippen molar-refractivity contribution in [2.45, 2.75) is 13.2 Å². The largest absolute Gasteiger partial charge is 0.698 e. The van der Waals surface area contributed by atoms with E-state index in [1.165, 1.54) is 26.6 Å². The van der Waals surface area contributed by atoms with Crippen LogP contribution in [0.25, 0.3) is 0 Å². The highest BCUT2D eigenvalue weighted by atomic mass is 35.5. The molecule has 24 heavy (non-hydrogen) atoms. The predicted molar refractivity (Wildman–Crippen MR) is 88.8 cm³/mol. The maximum Gasteiger partial charge on any atom is 0.698 e. The molecule has 2 aromatic rings. The number of hydrogen-bond acceptors (Lipinski definition) is 7. The molecule has 128 valence electrons. The third-order valence-corrected chi connectivity index (χ3v) is 4.01. The van der Waals surface area contributed by atoms with E-state index in [2.05, 4.69) is 9.97 Å². The van der Waals surface area contributed by atoms with E-state index in [-0.39, 0.29) is 23.5 Å². The van der Waals surface area contributed by atoms with E-state index in [1.807, 2.05) is 0 Å². The van der Waals surface area contributed by atoms with E-state index in [9.17, 15) is 4.57 Å². The quantitative estimate of drug-likeness (QED) is 0.492. The zero-order chi connectivity index (χ0) is 17.5. The smallest absolute Gasteiger partial charge is 0.495 e. The van der Waals surface area contributed by atoms with Crippen molar-refractivity contribution in [3.63, 3.8) is 0 Å². The molecular weight excluding hydrogens is 378 g/mol. The summed E-state index contributed by atoms with van der Waals surface area (Å²) in [6, 6.07) is 3.13. The number of methoxy groups -OCH3 is 2. The van der Waals surface area contributed by atoms with Gasteiger partial charge >= 0.3 is 8.25 Å². The molecule has 0 aliphatic heterocycles. The highest BCUT2D eigenvalue weighted by Gasteiger charge is 2.23. The molecular formula is C14H14Cl2N2O5P+. The molecule has 0 bridgehead atoms. The summed E-state index contributed by atoms with van der Waals surface area (Å²) in [4.78, 5) is 7.78. The summed E-state index contributed by atoms with van der Waals surface area (Å²) >= 11 is 11.6. The van der Waals surface area contributed by atoms with Gasteiger partial charge in [-0.15, -0.1) is 9.05 Å². The van der Waals surface area contributed by atoms with Gasteiger partial charge in [-0.3, -0.25) is 0 Å². The second-order valence-electron chi connectivity index (χ2n) is 4.41. The first kappa shape index (κ1) is 18.8. The Balaban J connectivity index is 1.93. The van der Waals surface area contributed by atoms with Crippen LogP contribution in [-0.4, -0.2) is 24.2 Å². The molecule has 7 nitrogen and oxygen atoms in total. The number of pyridine rings is 2. The van der Waals surface area contributed by atoms with Crippen LogP contribution < -0.4 is 9.47 Å². The number of nitrogens with zero attached hydrogens (tertiary/aromatic N) is 2. The minimum Gasteiger partial charge on any atom is -0.495 e.